The molecule has 1 aromatic rings. The molecule has 1 aliphatic rings. The number of anilines is 1. The van der Waals surface area contributed by atoms with Gasteiger partial charge in [-0.05, 0) is 45.4 Å². The van der Waals surface area contributed by atoms with Crippen molar-refractivity contribution in [2.24, 2.45) is 4.99 Å². The Morgan fingerprint density at radius 1 is 1.32 bits per heavy atom. The normalized spacial score (nSPS) is 18.0. The van der Waals surface area contributed by atoms with Crippen LogP contribution in [-0.2, 0) is 0 Å². The molecule has 3 N–H and O–H groups in total. The zero-order valence-corrected chi connectivity index (χ0v) is 18.7. The van der Waals surface area contributed by atoms with Crippen molar-refractivity contribution in [3.8, 4) is 0 Å². The molecule has 0 aromatic heterocycles. The summed E-state index contributed by atoms with van der Waals surface area (Å²) in [7, 11) is 1.82. The van der Waals surface area contributed by atoms with Crippen molar-refractivity contribution < 1.29 is 0 Å². The highest BCUT2D eigenvalue weighted by Crippen LogP contribution is 2.23. The molecule has 2 rings (SSSR count). The topological polar surface area (TPSA) is 51.7 Å². The second-order valence-corrected chi connectivity index (χ2v) is 7.67. The number of guanidine groups is 1. The number of nitrogens with zero attached hydrogens (tertiary/aromatic N) is 2. The highest BCUT2D eigenvalue weighted by atomic mass is 127. The lowest BCUT2D eigenvalue weighted by Crippen LogP contribution is -2.47. The molecular formula is C18H31ClIN5. The second-order valence-electron chi connectivity index (χ2n) is 7.23. The molecule has 0 aliphatic carbocycles. The molecule has 1 aromatic carbocycles. The van der Waals surface area contributed by atoms with E-state index in [-0.39, 0.29) is 29.5 Å². The molecule has 25 heavy (non-hydrogen) atoms. The monoisotopic (exact) mass is 479 g/mol. The SMILES string of the molecule is CN=C(NCCNC(C)(C)C)NC1CCN(c2cccc(Cl)c2)C1.I. The van der Waals surface area contributed by atoms with Gasteiger partial charge in [-0.25, -0.2) is 0 Å². The zero-order valence-electron chi connectivity index (χ0n) is 15.6. The van der Waals surface area contributed by atoms with Crippen LogP contribution in [0.15, 0.2) is 29.3 Å². The minimum absolute atomic E-state index is 0. The molecular weight excluding hydrogens is 449 g/mol. The number of hydrogen-bond donors (Lipinski definition) is 3. The quantitative estimate of drug-likeness (QED) is 0.263. The predicted octanol–water partition coefficient (Wildman–Crippen LogP) is 3.09. The molecule has 1 atom stereocenters. The van der Waals surface area contributed by atoms with Crippen molar-refractivity contribution in [2.75, 3.05) is 38.1 Å². The van der Waals surface area contributed by atoms with Gasteiger partial charge in [0.05, 0.1) is 0 Å². The number of aliphatic imine (C=N–C) groups is 1. The summed E-state index contributed by atoms with van der Waals surface area (Å²) in [4.78, 5) is 6.68. The number of rotatable bonds is 5. The van der Waals surface area contributed by atoms with Crippen LogP contribution in [0.1, 0.15) is 27.2 Å². The molecule has 0 amide bonds. The number of halogens is 2. The molecule has 1 unspecified atom stereocenters. The van der Waals surface area contributed by atoms with Gasteiger partial charge in [-0.2, -0.15) is 0 Å². The summed E-state index contributed by atoms with van der Waals surface area (Å²) in [5.41, 5.74) is 1.32. The van der Waals surface area contributed by atoms with Crippen LogP contribution in [0.25, 0.3) is 0 Å². The summed E-state index contributed by atoms with van der Waals surface area (Å²) in [6, 6.07) is 8.44. The van der Waals surface area contributed by atoms with Crippen LogP contribution in [0.5, 0.6) is 0 Å². The minimum atomic E-state index is 0. The van der Waals surface area contributed by atoms with E-state index in [0.717, 1.165) is 43.6 Å². The third kappa shape index (κ3) is 8.00. The van der Waals surface area contributed by atoms with E-state index in [1.807, 2.05) is 25.2 Å². The van der Waals surface area contributed by atoms with Crippen molar-refractivity contribution in [3.05, 3.63) is 29.3 Å². The maximum atomic E-state index is 6.09. The standard InChI is InChI=1S/C18H30ClN5.HI/c1-18(2,3)22-10-9-21-17(20-4)23-15-8-11-24(13-15)16-7-5-6-14(19)12-16;/h5-7,12,15,22H,8-11,13H2,1-4H3,(H2,20,21,23);1H. The van der Waals surface area contributed by atoms with Crippen LogP contribution < -0.4 is 20.9 Å². The van der Waals surface area contributed by atoms with Gasteiger partial charge in [-0.3, -0.25) is 4.99 Å². The number of benzene rings is 1. The molecule has 1 aliphatic heterocycles. The Labute approximate surface area is 174 Å². The zero-order chi connectivity index (χ0) is 17.6. The molecule has 0 bridgehead atoms. The van der Waals surface area contributed by atoms with Gasteiger partial charge < -0.3 is 20.9 Å². The van der Waals surface area contributed by atoms with Gasteiger partial charge in [0.1, 0.15) is 0 Å². The molecule has 5 nitrogen and oxygen atoms in total. The van der Waals surface area contributed by atoms with E-state index in [4.69, 9.17) is 11.6 Å². The Morgan fingerprint density at radius 2 is 2.08 bits per heavy atom. The number of nitrogens with one attached hydrogen (secondary N) is 3. The first-order valence-electron chi connectivity index (χ1n) is 8.60. The van der Waals surface area contributed by atoms with Gasteiger partial charge in [0.15, 0.2) is 5.96 Å². The lowest BCUT2D eigenvalue weighted by molar-refractivity contribution is 0.428. The first-order valence-corrected chi connectivity index (χ1v) is 8.98. The van der Waals surface area contributed by atoms with Crippen molar-refractivity contribution in [1.29, 1.82) is 0 Å². The largest absolute Gasteiger partial charge is 0.369 e. The molecule has 142 valence electrons. The van der Waals surface area contributed by atoms with E-state index in [1.54, 1.807) is 0 Å². The van der Waals surface area contributed by atoms with Crippen LogP contribution in [-0.4, -0.2) is 50.8 Å². The fraction of sp³-hybridized carbons (Fsp3) is 0.611. The Kier molecular flexibility index (Phi) is 9.30. The van der Waals surface area contributed by atoms with Crippen molar-refractivity contribution >= 4 is 47.2 Å². The first kappa shape index (κ1) is 22.3. The fourth-order valence-corrected chi connectivity index (χ4v) is 2.98. The highest BCUT2D eigenvalue weighted by Gasteiger charge is 2.23. The molecule has 7 heteroatoms. The Hall–Kier alpha value is -0.730. The van der Waals surface area contributed by atoms with Gasteiger partial charge in [0.2, 0.25) is 0 Å². The third-order valence-electron chi connectivity index (χ3n) is 4.00. The molecule has 0 saturated carbocycles. The van der Waals surface area contributed by atoms with Crippen LogP contribution in [0.2, 0.25) is 5.02 Å². The summed E-state index contributed by atoms with van der Waals surface area (Å²) < 4.78 is 0. The van der Waals surface area contributed by atoms with Crippen molar-refractivity contribution in [2.45, 2.75) is 38.8 Å². The van der Waals surface area contributed by atoms with E-state index >= 15 is 0 Å². The van der Waals surface area contributed by atoms with Gasteiger partial charge in [-0.15, -0.1) is 24.0 Å². The van der Waals surface area contributed by atoms with Gasteiger partial charge in [-0.1, -0.05) is 17.7 Å². The maximum absolute atomic E-state index is 6.09. The maximum Gasteiger partial charge on any atom is 0.191 e. The van der Waals surface area contributed by atoms with Gasteiger partial charge >= 0.3 is 0 Å². The minimum Gasteiger partial charge on any atom is -0.369 e. The Bertz CT molecular complexity index is 559. The summed E-state index contributed by atoms with van der Waals surface area (Å²) >= 11 is 6.09. The van der Waals surface area contributed by atoms with E-state index in [9.17, 15) is 0 Å². The molecule has 1 heterocycles. The van der Waals surface area contributed by atoms with Crippen LogP contribution in [0.3, 0.4) is 0 Å². The molecule has 0 radical (unpaired) electrons. The average Bonchev–Trinajstić information content (AvgIpc) is 2.98. The highest BCUT2D eigenvalue weighted by molar-refractivity contribution is 14.0. The first-order chi connectivity index (χ1) is 11.4. The lowest BCUT2D eigenvalue weighted by Gasteiger charge is -2.22. The van der Waals surface area contributed by atoms with Crippen molar-refractivity contribution in [3.63, 3.8) is 0 Å². The van der Waals surface area contributed by atoms with E-state index in [0.29, 0.717) is 6.04 Å². The fourth-order valence-electron chi connectivity index (χ4n) is 2.79. The van der Waals surface area contributed by atoms with E-state index < -0.39 is 0 Å². The second kappa shape index (κ2) is 10.4. The molecule has 0 spiro atoms. The average molecular weight is 480 g/mol. The predicted molar refractivity (Wildman–Crippen MR) is 120 cm³/mol. The molecule has 1 saturated heterocycles. The van der Waals surface area contributed by atoms with Gasteiger partial charge in [0.25, 0.3) is 0 Å². The van der Waals surface area contributed by atoms with Crippen molar-refractivity contribution in [1.82, 2.24) is 16.0 Å². The smallest absolute Gasteiger partial charge is 0.191 e. The van der Waals surface area contributed by atoms with E-state index in [2.05, 4.69) is 52.7 Å². The summed E-state index contributed by atoms with van der Waals surface area (Å²) in [6.45, 7) is 10.3. The Morgan fingerprint density at radius 3 is 2.72 bits per heavy atom. The summed E-state index contributed by atoms with van der Waals surface area (Å²) in [6.07, 6.45) is 1.09. The molecule has 1 fully saturated rings. The van der Waals surface area contributed by atoms with Crippen LogP contribution in [0.4, 0.5) is 5.69 Å². The van der Waals surface area contributed by atoms with Crippen LogP contribution in [0, 0.1) is 0 Å². The van der Waals surface area contributed by atoms with Crippen LogP contribution >= 0.6 is 35.6 Å². The number of hydrogen-bond acceptors (Lipinski definition) is 3. The van der Waals surface area contributed by atoms with Gasteiger partial charge in [0, 0.05) is 55.5 Å². The Balaban J connectivity index is 0.00000312. The lowest BCUT2D eigenvalue weighted by atomic mass is 10.1. The summed E-state index contributed by atoms with van der Waals surface area (Å²) in [5, 5.41) is 11.1. The third-order valence-corrected chi connectivity index (χ3v) is 4.23. The van der Waals surface area contributed by atoms with E-state index in [1.165, 1.54) is 5.69 Å². The summed E-state index contributed by atoms with van der Waals surface area (Å²) in [5.74, 6) is 0.864.